The summed E-state index contributed by atoms with van der Waals surface area (Å²) in [4.78, 5) is 0. The maximum atomic E-state index is 8.93. The number of fused-ring (bicyclic) bond motifs is 1. The highest BCUT2D eigenvalue weighted by molar-refractivity contribution is 5.68. The van der Waals surface area contributed by atoms with Crippen LogP contribution in [0.15, 0.2) is 24.3 Å². The van der Waals surface area contributed by atoms with E-state index in [0.29, 0.717) is 0 Å². The van der Waals surface area contributed by atoms with Gasteiger partial charge in [0.05, 0.1) is 12.8 Å². The summed E-state index contributed by atoms with van der Waals surface area (Å²) < 4.78 is 5.23. The predicted octanol–water partition coefficient (Wildman–Crippen LogP) is 2.83. The molecule has 0 unspecified atom stereocenters. The summed E-state index contributed by atoms with van der Waals surface area (Å²) >= 11 is 0. The maximum absolute atomic E-state index is 8.93. The Morgan fingerprint density at radius 1 is 1.09 bits per heavy atom. The molecule has 0 atom stereocenters. The Balaban J connectivity index is 1.94. The van der Waals surface area contributed by atoms with Crippen LogP contribution < -0.4 is 10.1 Å². The van der Waals surface area contributed by atoms with E-state index in [2.05, 4.69) is 15.5 Å². The van der Waals surface area contributed by atoms with E-state index in [0.717, 1.165) is 48.6 Å². The Hall–Kier alpha value is -2.14. The van der Waals surface area contributed by atoms with Gasteiger partial charge in [-0.05, 0) is 61.9 Å². The van der Waals surface area contributed by atoms with Crippen molar-refractivity contribution in [2.45, 2.75) is 32.1 Å². The lowest BCUT2D eigenvalue weighted by Crippen LogP contribution is -2.14. The third-order valence-corrected chi connectivity index (χ3v) is 4.28. The van der Waals surface area contributed by atoms with Crippen LogP contribution in [0.4, 0.5) is 5.82 Å². The van der Waals surface area contributed by atoms with Crippen LogP contribution in [-0.2, 0) is 12.8 Å². The quantitative estimate of drug-likeness (QED) is 0.803. The number of ether oxygens (including phenoxy) is 1. The molecule has 2 N–H and O–H groups in total. The Labute approximate surface area is 136 Å². The van der Waals surface area contributed by atoms with Crippen molar-refractivity contribution in [2.24, 2.45) is 0 Å². The average Bonchev–Trinajstić information content (AvgIpc) is 2.62. The van der Waals surface area contributed by atoms with Crippen LogP contribution in [0.2, 0.25) is 0 Å². The molecule has 1 aromatic heterocycles. The van der Waals surface area contributed by atoms with Crippen molar-refractivity contribution in [2.75, 3.05) is 25.6 Å². The smallest absolute Gasteiger partial charge is 0.152 e. The van der Waals surface area contributed by atoms with Crippen molar-refractivity contribution < 1.29 is 9.84 Å². The lowest BCUT2D eigenvalue weighted by molar-refractivity contribution is 0.292. The molecule has 23 heavy (non-hydrogen) atoms. The van der Waals surface area contributed by atoms with E-state index < -0.39 is 0 Å². The van der Waals surface area contributed by atoms with Gasteiger partial charge in [-0.1, -0.05) is 0 Å². The summed E-state index contributed by atoms with van der Waals surface area (Å²) in [6, 6.07) is 7.99. The largest absolute Gasteiger partial charge is 0.497 e. The molecule has 1 heterocycles. The van der Waals surface area contributed by atoms with Crippen molar-refractivity contribution in [3.8, 4) is 17.0 Å². The number of rotatable bonds is 6. The molecular weight excluding hydrogens is 290 g/mol. The van der Waals surface area contributed by atoms with Gasteiger partial charge in [-0.25, -0.2) is 0 Å². The first kappa shape index (κ1) is 15.7. The van der Waals surface area contributed by atoms with Crippen molar-refractivity contribution in [3.05, 3.63) is 35.4 Å². The highest BCUT2D eigenvalue weighted by Crippen LogP contribution is 2.33. The highest BCUT2D eigenvalue weighted by Gasteiger charge is 2.20. The molecule has 0 radical (unpaired) electrons. The molecule has 2 aromatic rings. The Bertz CT molecular complexity index is 656. The van der Waals surface area contributed by atoms with Crippen LogP contribution >= 0.6 is 0 Å². The first-order valence-electron chi connectivity index (χ1n) is 8.21. The van der Waals surface area contributed by atoms with Gasteiger partial charge in [0.25, 0.3) is 0 Å². The number of anilines is 1. The van der Waals surface area contributed by atoms with Crippen LogP contribution in [0.25, 0.3) is 11.3 Å². The highest BCUT2D eigenvalue weighted by atomic mass is 16.5. The summed E-state index contributed by atoms with van der Waals surface area (Å²) in [7, 11) is 1.67. The standard InChI is InChI=1S/C18H23N3O2/c1-23-14-9-7-13(8-10-14)17-15-5-2-3-6-16(15)18(21-20-17)19-11-4-12-22/h7-10,22H,2-6,11-12H2,1H3,(H,19,21). The van der Waals surface area contributed by atoms with E-state index in [4.69, 9.17) is 9.84 Å². The molecule has 122 valence electrons. The fourth-order valence-corrected chi connectivity index (χ4v) is 3.06. The number of hydrogen-bond acceptors (Lipinski definition) is 5. The fourth-order valence-electron chi connectivity index (χ4n) is 3.06. The summed E-state index contributed by atoms with van der Waals surface area (Å²) in [6.45, 7) is 0.909. The van der Waals surface area contributed by atoms with Crippen molar-refractivity contribution >= 4 is 5.82 Å². The van der Waals surface area contributed by atoms with Crippen molar-refractivity contribution in [3.63, 3.8) is 0 Å². The van der Waals surface area contributed by atoms with E-state index in [1.807, 2.05) is 24.3 Å². The van der Waals surface area contributed by atoms with E-state index >= 15 is 0 Å². The van der Waals surface area contributed by atoms with Crippen LogP contribution in [0.5, 0.6) is 5.75 Å². The molecule has 0 bridgehead atoms. The second kappa shape index (κ2) is 7.42. The first-order valence-corrected chi connectivity index (χ1v) is 8.21. The summed E-state index contributed by atoms with van der Waals surface area (Å²) in [6.07, 6.45) is 5.18. The minimum atomic E-state index is 0.187. The molecular formula is C18H23N3O2. The molecule has 0 amide bonds. The van der Waals surface area contributed by atoms with E-state index in [1.165, 1.54) is 24.0 Å². The van der Waals surface area contributed by atoms with Gasteiger partial charge in [0.2, 0.25) is 0 Å². The second-order valence-corrected chi connectivity index (χ2v) is 5.79. The van der Waals surface area contributed by atoms with Gasteiger partial charge in [-0.3, -0.25) is 0 Å². The Kier molecular flexibility index (Phi) is 5.08. The molecule has 0 saturated carbocycles. The summed E-state index contributed by atoms with van der Waals surface area (Å²) in [5, 5.41) is 21.1. The molecule has 3 rings (SSSR count). The number of benzene rings is 1. The monoisotopic (exact) mass is 313 g/mol. The summed E-state index contributed by atoms with van der Waals surface area (Å²) in [5.41, 5.74) is 4.66. The normalized spacial score (nSPS) is 13.5. The van der Waals surface area contributed by atoms with Crippen LogP contribution in [-0.4, -0.2) is 35.6 Å². The van der Waals surface area contributed by atoms with Gasteiger partial charge >= 0.3 is 0 Å². The number of nitrogens with one attached hydrogen (secondary N) is 1. The topological polar surface area (TPSA) is 67.3 Å². The number of nitrogens with zero attached hydrogens (tertiary/aromatic N) is 2. The number of aromatic nitrogens is 2. The third kappa shape index (κ3) is 3.45. The lowest BCUT2D eigenvalue weighted by atomic mass is 9.89. The molecule has 1 aliphatic carbocycles. The van der Waals surface area contributed by atoms with E-state index in [-0.39, 0.29) is 6.61 Å². The van der Waals surface area contributed by atoms with Crippen LogP contribution in [0.1, 0.15) is 30.4 Å². The van der Waals surface area contributed by atoms with Gasteiger partial charge in [-0.15, -0.1) is 10.2 Å². The molecule has 5 nitrogen and oxygen atoms in total. The van der Waals surface area contributed by atoms with Gasteiger partial charge in [0, 0.05) is 24.3 Å². The fraction of sp³-hybridized carbons (Fsp3) is 0.444. The van der Waals surface area contributed by atoms with Gasteiger partial charge < -0.3 is 15.2 Å². The van der Waals surface area contributed by atoms with Crippen LogP contribution in [0.3, 0.4) is 0 Å². The molecule has 0 fully saturated rings. The van der Waals surface area contributed by atoms with Crippen molar-refractivity contribution in [1.82, 2.24) is 10.2 Å². The van der Waals surface area contributed by atoms with Gasteiger partial charge in [-0.2, -0.15) is 0 Å². The molecule has 1 aliphatic rings. The minimum Gasteiger partial charge on any atom is -0.497 e. The SMILES string of the molecule is COc1ccc(-c2nnc(NCCCO)c3c2CCCC3)cc1. The third-order valence-electron chi connectivity index (χ3n) is 4.28. The number of aliphatic hydroxyl groups excluding tert-OH is 1. The first-order chi connectivity index (χ1) is 11.3. The van der Waals surface area contributed by atoms with Gasteiger partial charge in [0.1, 0.15) is 5.75 Å². The van der Waals surface area contributed by atoms with Crippen molar-refractivity contribution in [1.29, 1.82) is 0 Å². The Morgan fingerprint density at radius 2 is 1.83 bits per heavy atom. The zero-order valence-corrected chi connectivity index (χ0v) is 13.5. The van der Waals surface area contributed by atoms with E-state index in [1.54, 1.807) is 7.11 Å². The molecule has 0 aliphatic heterocycles. The minimum absolute atomic E-state index is 0.187. The molecule has 0 saturated heterocycles. The zero-order chi connectivity index (χ0) is 16.1. The number of hydrogen-bond donors (Lipinski definition) is 2. The molecule has 0 spiro atoms. The number of methoxy groups -OCH3 is 1. The predicted molar refractivity (Wildman–Crippen MR) is 90.9 cm³/mol. The van der Waals surface area contributed by atoms with E-state index in [9.17, 15) is 0 Å². The zero-order valence-electron chi connectivity index (χ0n) is 13.5. The molecule has 5 heteroatoms. The Morgan fingerprint density at radius 3 is 2.52 bits per heavy atom. The molecule has 1 aromatic carbocycles. The second-order valence-electron chi connectivity index (χ2n) is 5.79. The maximum Gasteiger partial charge on any atom is 0.152 e. The summed E-state index contributed by atoms with van der Waals surface area (Å²) in [5.74, 6) is 1.73. The number of aliphatic hydroxyl groups is 1. The average molecular weight is 313 g/mol. The lowest BCUT2D eigenvalue weighted by Gasteiger charge is -2.21. The van der Waals surface area contributed by atoms with Gasteiger partial charge in [0.15, 0.2) is 5.82 Å². The van der Waals surface area contributed by atoms with Crippen LogP contribution in [0, 0.1) is 0 Å².